The average molecular weight is 391 g/mol. The number of hydrogen-bond donors (Lipinski definition) is 2. The van der Waals surface area contributed by atoms with Gasteiger partial charge >= 0.3 is 11.9 Å². The van der Waals surface area contributed by atoms with E-state index in [-0.39, 0.29) is 0 Å². The second kappa shape index (κ2) is 8.83. The molecule has 0 aliphatic carbocycles. The van der Waals surface area contributed by atoms with Crippen molar-refractivity contribution in [3.8, 4) is 10.6 Å². The Hall–Kier alpha value is -2.65. The maximum Gasteiger partial charge on any atom is 0.328 e. The molecule has 3 saturated heterocycles. The van der Waals surface area contributed by atoms with Crippen molar-refractivity contribution in [3.63, 3.8) is 0 Å². The van der Waals surface area contributed by atoms with Gasteiger partial charge in [-0.1, -0.05) is 11.2 Å². The number of aliphatic carboxylic acids is 2. The molecule has 5 rings (SSSR count). The fourth-order valence-electron chi connectivity index (χ4n) is 3.26. The number of hydrogen-bond acceptors (Lipinski definition) is 7. The summed E-state index contributed by atoms with van der Waals surface area (Å²) >= 11 is 1.71. The largest absolute Gasteiger partial charge is 0.478 e. The number of carboxylic acids is 2. The van der Waals surface area contributed by atoms with Crippen molar-refractivity contribution in [1.82, 2.24) is 10.1 Å². The third-order valence-electron chi connectivity index (χ3n) is 4.58. The predicted molar refractivity (Wildman–Crippen MR) is 101 cm³/mol. The topological polar surface area (TPSA) is 107 Å². The van der Waals surface area contributed by atoms with Gasteiger partial charge in [-0.25, -0.2) is 9.59 Å². The van der Waals surface area contributed by atoms with Crippen LogP contribution in [0.3, 0.4) is 0 Å². The van der Waals surface area contributed by atoms with Crippen LogP contribution in [0.5, 0.6) is 0 Å². The SMILES string of the molecule is O=C(O)/C=C/C(=O)O.c1csc(-c2cc(N3CCN4CCC3CC4)on2)c1. The molecule has 0 amide bonds. The van der Waals surface area contributed by atoms with Gasteiger partial charge in [0.2, 0.25) is 5.88 Å². The van der Waals surface area contributed by atoms with Gasteiger partial charge < -0.3 is 24.5 Å². The minimum atomic E-state index is -1.26. The quantitative estimate of drug-likeness (QED) is 0.765. The van der Waals surface area contributed by atoms with Gasteiger partial charge in [-0.2, -0.15) is 0 Å². The zero-order valence-electron chi connectivity index (χ0n) is 14.7. The molecule has 0 radical (unpaired) electrons. The normalized spacial score (nSPS) is 21.6. The summed E-state index contributed by atoms with van der Waals surface area (Å²) in [7, 11) is 0. The zero-order chi connectivity index (χ0) is 19.2. The van der Waals surface area contributed by atoms with E-state index in [1.54, 1.807) is 11.3 Å². The first kappa shape index (κ1) is 19.1. The van der Waals surface area contributed by atoms with E-state index in [9.17, 15) is 9.59 Å². The number of rotatable bonds is 4. The highest BCUT2D eigenvalue weighted by Gasteiger charge is 2.31. The first-order chi connectivity index (χ1) is 13.0. The highest BCUT2D eigenvalue weighted by atomic mass is 32.1. The molecule has 3 aliphatic heterocycles. The summed E-state index contributed by atoms with van der Waals surface area (Å²) in [4.78, 5) is 25.2. The molecule has 0 spiro atoms. The monoisotopic (exact) mass is 391 g/mol. The molecule has 8 nitrogen and oxygen atoms in total. The van der Waals surface area contributed by atoms with Crippen molar-refractivity contribution in [3.05, 3.63) is 35.7 Å². The van der Waals surface area contributed by atoms with Crippen molar-refractivity contribution in [2.75, 3.05) is 31.1 Å². The van der Waals surface area contributed by atoms with E-state index in [0.29, 0.717) is 18.2 Å². The Kier molecular flexibility index (Phi) is 6.25. The van der Waals surface area contributed by atoms with Crippen LogP contribution in [-0.2, 0) is 9.59 Å². The van der Waals surface area contributed by atoms with Crippen LogP contribution >= 0.6 is 11.3 Å². The Morgan fingerprint density at radius 3 is 2.44 bits per heavy atom. The molecular weight excluding hydrogens is 370 g/mol. The molecule has 3 fully saturated rings. The summed E-state index contributed by atoms with van der Waals surface area (Å²) in [6.07, 6.45) is 3.61. The number of anilines is 1. The maximum absolute atomic E-state index is 9.55. The number of nitrogens with zero attached hydrogens (tertiary/aromatic N) is 3. The Balaban J connectivity index is 0.000000226. The van der Waals surface area contributed by atoms with Gasteiger partial charge in [0, 0.05) is 50.4 Å². The Labute approximate surface area is 160 Å². The van der Waals surface area contributed by atoms with Gasteiger partial charge in [0.15, 0.2) is 0 Å². The molecule has 3 aliphatic rings. The molecule has 2 aromatic rings. The van der Waals surface area contributed by atoms with E-state index >= 15 is 0 Å². The van der Waals surface area contributed by atoms with Gasteiger partial charge in [0.25, 0.3) is 0 Å². The van der Waals surface area contributed by atoms with Crippen molar-refractivity contribution < 1.29 is 24.3 Å². The van der Waals surface area contributed by atoms with E-state index in [0.717, 1.165) is 24.7 Å². The zero-order valence-corrected chi connectivity index (χ0v) is 15.5. The molecule has 0 unspecified atom stereocenters. The Morgan fingerprint density at radius 2 is 1.85 bits per heavy atom. The summed E-state index contributed by atoms with van der Waals surface area (Å²) in [6, 6.07) is 6.86. The van der Waals surface area contributed by atoms with Crippen LogP contribution < -0.4 is 4.90 Å². The molecule has 144 valence electrons. The van der Waals surface area contributed by atoms with E-state index in [2.05, 4.69) is 38.5 Å². The fourth-order valence-corrected chi connectivity index (χ4v) is 3.94. The smallest absolute Gasteiger partial charge is 0.328 e. The maximum atomic E-state index is 9.55. The Bertz CT molecular complexity index is 778. The highest BCUT2D eigenvalue weighted by Crippen LogP contribution is 2.31. The minimum Gasteiger partial charge on any atom is -0.478 e. The number of thiophene rings is 1. The lowest BCUT2D eigenvalue weighted by molar-refractivity contribution is -0.134. The lowest BCUT2D eigenvalue weighted by atomic mass is 10.1. The molecule has 2 aromatic heterocycles. The summed E-state index contributed by atoms with van der Waals surface area (Å²) in [5.74, 6) is -1.57. The molecule has 0 aromatic carbocycles. The van der Waals surface area contributed by atoms with Crippen molar-refractivity contribution in [2.45, 2.75) is 18.9 Å². The van der Waals surface area contributed by atoms with Crippen LogP contribution in [0.1, 0.15) is 12.8 Å². The Morgan fingerprint density at radius 1 is 1.15 bits per heavy atom. The number of carboxylic acid groups (broad SMARTS) is 2. The van der Waals surface area contributed by atoms with Crippen LogP contribution in [-0.4, -0.2) is 64.4 Å². The fraction of sp³-hybridized carbons (Fsp3) is 0.389. The van der Waals surface area contributed by atoms with Crippen molar-refractivity contribution in [1.29, 1.82) is 0 Å². The van der Waals surface area contributed by atoms with Gasteiger partial charge in [0.1, 0.15) is 5.69 Å². The summed E-state index contributed by atoms with van der Waals surface area (Å²) in [5, 5.41) is 21.9. The number of piperidine rings is 1. The van der Waals surface area contributed by atoms with Gasteiger partial charge in [-0.05, 0) is 24.3 Å². The second-order valence-corrected chi connectivity index (χ2v) is 7.25. The van der Waals surface area contributed by atoms with Crippen molar-refractivity contribution >= 4 is 29.2 Å². The van der Waals surface area contributed by atoms with Gasteiger partial charge in [-0.3, -0.25) is 0 Å². The number of carbonyl (C=O) groups is 2. The number of fused-ring (bicyclic) bond motifs is 4. The molecule has 27 heavy (non-hydrogen) atoms. The second-order valence-electron chi connectivity index (χ2n) is 6.30. The summed E-state index contributed by atoms with van der Waals surface area (Å²) in [5.41, 5.74) is 0.962. The lowest BCUT2D eigenvalue weighted by Gasteiger charge is -2.30. The molecular formula is C18H21N3O5S. The lowest BCUT2D eigenvalue weighted by Crippen LogP contribution is -2.37. The van der Waals surface area contributed by atoms with E-state index in [1.165, 1.54) is 30.8 Å². The van der Waals surface area contributed by atoms with E-state index in [4.69, 9.17) is 14.7 Å². The first-order valence-electron chi connectivity index (χ1n) is 8.66. The molecule has 2 N–H and O–H groups in total. The standard InChI is InChI=1S/C14H17N3OS.C4H4O4/c1-2-13(19-9-1)12-10-14(18-15-12)17-8-7-16-5-3-11(17)4-6-16;5-3(6)1-2-4(7)8/h1-2,9-11H,3-8H2;1-2H,(H,5,6)(H,7,8)/b;2-1+. The molecule has 2 bridgehead atoms. The van der Waals surface area contributed by atoms with Crippen LogP contribution in [0.15, 0.2) is 40.3 Å². The number of aromatic nitrogens is 1. The third-order valence-corrected chi connectivity index (χ3v) is 5.47. The van der Waals surface area contributed by atoms with Gasteiger partial charge in [-0.15, -0.1) is 11.3 Å². The van der Waals surface area contributed by atoms with E-state index < -0.39 is 11.9 Å². The van der Waals surface area contributed by atoms with Crippen LogP contribution in [0.4, 0.5) is 5.88 Å². The summed E-state index contributed by atoms with van der Waals surface area (Å²) < 4.78 is 5.60. The van der Waals surface area contributed by atoms with Crippen LogP contribution in [0, 0.1) is 0 Å². The molecule has 5 heterocycles. The van der Waals surface area contributed by atoms with E-state index in [1.807, 2.05) is 0 Å². The molecule has 0 atom stereocenters. The van der Waals surface area contributed by atoms with Crippen LogP contribution in [0.25, 0.3) is 10.6 Å². The van der Waals surface area contributed by atoms with Gasteiger partial charge in [0.05, 0.1) is 4.88 Å². The minimum absolute atomic E-state index is 0.558. The third kappa shape index (κ3) is 5.18. The molecule has 9 heteroatoms. The average Bonchev–Trinajstić information content (AvgIpc) is 3.27. The van der Waals surface area contributed by atoms with Crippen molar-refractivity contribution in [2.24, 2.45) is 0 Å². The molecule has 0 saturated carbocycles. The predicted octanol–water partition coefficient (Wildman–Crippen LogP) is 2.40. The summed E-state index contributed by atoms with van der Waals surface area (Å²) in [6.45, 7) is 4.66. The first-order valence-corrected chi connectivity index (χ1v) is 9.54. The van der Waals surface area contributed by atoms with Crippen LogP contribution in [0.2, 0.25) is 0 Å². The highest BCUT2D eigenvalue weighted by molar-refractivity contribution is 7.13.